The second-order valence-corrected chi connectivity index (χ2v) is 5.00. The largest absolute Gasteiger partial charge is 0.373 e. The standard InChI is InChI=1S/C12H15N5S/c1-8(2)10-11(13-3)16-7-17-12(10)18-9-4-5-14-6-15-9/h4-8H,1-3H3,(H,13,16,17). The molecule has 0 aliphatic heterocycles. The van der Waals surface area contributed by atoms with Crippen molar-refractivity contribution in [1.82, 2.24) is 19.9 Å². The van der Waals surface area contributed by atoms with E-state index in [4.69, 9.17) is 0 Å². The molecule has 0 atom stereocenters. The summed E-state index contributed by atoms with van der Waals surface area (Å²) in [6, 6.07) is 1.87. The van der Waals surface area contributed by atoms with Gasteiger partial charge in [0.05, 0.1) is 0 Å². The van der Waals surface area contributed by atoms with Crippen LogP contribution in [0.5, 0.6) is 0 Å². The maximum absolute atomic E-state index is 4.36. The molecule has 94 valence electrons. The van der Waals surface area contributed by atoms with Gasteiger partial charge in [0.1, 0.15) is 28.5 Å². The summed E-state index contributed by atoms with van der Waals surface area (Å²) >= 11 is 1.53. The molecule has 0 aliphatic carbocycles. The van der Waals surface area contributed by atoms with Crippen LogP contribution in [0, 0.1) is 0 Å². The maximum atomic E-state index is 4.36. The second-order valence-electron chi connectivity index (χ2n) is 4.00. The molecule has 0 radical (unpaired) electrons. The van der Waals surface area contributed by atoms with E-state index in [1.165, 1.54) is 18.1 Å². The van der Waals surface area contributed by atoms with Crippen molar-refractivity contribution in [1.29, 1.82) is 0 Å². The number of nitrogens with one attached hydrogen (secondary N) is 1. The molecule has 0 amide bonds. The molecule has 18 heavy (non-hydrogen) atoms. The lowest BCUT2D eigenvalue weighted by molar-refractivity contribution is 0.805. The normalized spacial score (nSPS) is 10.7. The minimum atomic E-state index is 0.345. The Morgan fingerprint density at radius 3 is 2.61 bits per heavy atom. The summed E-state index contributed by atoms with van der Waals surface area (Å²) in [6.45, 7) is 4.26. The molecule has 2 rings (SSSR count). The molecule has 2 aromatic rings. The summed E-state index contributed by atoms with van der Waals surface area (Å²) in [7, 11) is 1.87. The summed E-state index contributed by atoms with van der Waals surface area (Å²) in [4.78, 5) is 16.7. The first kappa shape index (κ1) is 12.8. The number of hydrogen-bond donors (Lipinski definition) is 1. The maximum Gasteiger partial charge on any atom is 0.133 e. The average Bonchev–Trinajstić information content (AvgIpc) is 2.39. The zero-order valence-electron chi connectivity index (χ0n) is 10.6. The monoisotopic (exact) mass is 261 g/mol. The van der Waals surface area contributed by atoms with Gasteiger partial charge in [-0.15, -0.1) is 0 Å². The van der Waals surface area contributed by atoms with Crippen LogP contribution >= 0.6 is 11.8 Å². The molecule has 0 aromatic carbocycles. The SMILES string of the molecule is CNc1ncnc(Sc2ccncn2)c1C(C)C. The van der Waals surface area contributed by atoms with Crippen molar-refractivity contribution in [2.75, 3.05) is 12.4 Å². The van der Waals surface area contributed by atoms with Crippen LogP contribution in [-0.2, 0) is 0 Å². The predicted molar refractivity (Wildman–Crippen MR) is 71.8 cm³/mol. The first-order valence-corrected chi connectivity index (χ1v) is 6.50. The lowest BCUT2D eigenvalue weighted by atomic mass is 10.1. The Morgan fingerprint density at radius 1 is 1.17 bits per heavy atom. The van der Waals surface area contributed by atoms with Crippen molar-refractivity contribution in [3.05, 3.63) is 30.5 Å². The first-order valence-electron chi connectivity index (χ1n) is 5.69. The highest BCUT2D eigenvalue weighted by molar-refractivity contribution is 7.99. The van der Waals surface area contributed by atoms with Crippen molar-refractivity contribution in [2.24, 2.45) is 0 Å². The molecule has 0 saturated heterocycles. The Kier molecular flexibility index (Phi) is 4.09. The number of hydrogen-bond acceptors (Lipinski definition) is 6. The fourth-order valence-electron chi connectivity index (χ4n) is 1.62. The smallest absolute Gasteiger partial charge is 0.133 e. The summed E-state index contributed by atoms with van der Waals surface area (Å²) < 4.78 is 0. The van der Waals surface area contributed by atoms with Gasteiger partial charge in [0.2, 0.25) is 0 Å². The Hall–Kier alpha value is -1.69. The van der Waals surface area contributed by atoms with Crippen LogP contribution in [0.25, 0.3) is 0 Å². The number of nitrogens with zero attached hydrogens (tertiary/aromatic N) is 4. The Bertz CT molecular complexity index is 515. The lowest BCUT2D eigenvalue weighted by Crippen LogP contribution is -2.04. The predicted octanol–water partition coefficient (Wildman–Crippen LogP) is 2.58. The van der Waals surface area contributed by atoms with Crippen LogP contribution in [0.2, 0.25) is 0 Å². The zero-order valence-corrected chi connectivity index (χ0v) is 11.4. The molecule has 5 nitrogen and oxygen atoms in total. The van der Waals surface area contributed by atoms with Crippen LogP contribution in [0.15, 0.2) is 35.0 Å². The minimum Gasteiger partial charge on any atom is -0.373 e. The van der Waals surface area contributed by atoms with Gasteiger partial charge in [-0.3, -0.25) is 0 Å². The van der Waals surface area contributed by atoms with Crippen molar-refractivity contribution in [3.8, 4) is 0 Å². The highest BCUT2D eigenvalue weighted by Crippen LogP contribution is 2.34. The summed E-state index contributed by atoms with van der Waals surface area (Å²) in [5.74, 6) is 1.22. The van der Waals surface area contributed by atoms with E-state index in [2.05, 4.69) is 39.1 Å². The van der Waals surface area contributed by atoms with Gasteiger partial charge < -0.3 is 5.32 Å². The molecule has 2 heterocycles. The Labute approximate surface area is 110 Å². The molecule has 0 fully saturated rings. The van der Waals surface area contributed by atoms with Gasteiger partial charge in [0, 0.05) is 18.8 Å². The van der Waals surface area contributed by atoms with E-state index in [9.17, 15) is 0 Å². The number of anilines is 1. The van der Waals surface area contributed by atoms with Crippen LogP contribution in [0.4, 0.5) is 5.82 Å². The highest BCUT2D eigenvalue weighted by atomic mass is 32.2. The second kappa shape index (κ2) is 5.77. The van der Waals surface area contributed by atoms with E-state index in [0.29, 0.717) is 5.92 Å². The molecule has 0 saturated carbocycles. The van der Waals surface area contributed by atoms with Crippen molar-refractivity contribution >= 4 is 17.6 Å². The van der Waals surface area contributed by atoms with E-state index in [1.807, 2.05) is 13.1 Å². The Balaban J connectivity index is 2.38. The van der Waals surface area contributed by atoms with Gasteiger partial charge in [-0.2, -0.15) is 0 Å². The molecular formula is C12H15N5S. The molecule has 0 unspecified atom stereocenters. The van der Waals surface area contributed by atoms with Gasteiger partial charge in [0.25, 0.3) is 0 Å². The molecule has 0 bridgehead atoms. The molecular weight excluding hydrogens is 246 g/mol. The van der Waals surface area contributed by atoms with Crippen molar-refractivity contribution in [3.63, 3.8) is 0 Å². The summed E-state index contributed by atoms with van der Waals surface area (Å²) in [5.41, 5.74) is 1.11. The zero-order chi connectivity index (χ0) is 13.0. The van der Waals surface area contributed by atoms with Crippen LogP contribution in [0.3, 0.4) is 0 Å². The fraction of sp³-hybridized carbons (Fsp3) is 0.333. The fourth-order valence-corrected chi connectivity index (χ4v) is 2.59. The van der Waals surface area contributed by atoms with Crippen LogP contribution in [0.1, 0.15) is 25.3 Å². The van der Waals surface area contributed by atoms with E-state index in [-0.39, 0.29) is 0 Å². The molecule has 0 aliphatic rings. The first-order chi connectivity index (χ1) is 8.72. The average molecular weight is 261 g/mol. The van der Waals surface area contributed by atoms with E-state index in [1.54, 1.807) is 12.5 Å². The van der Waals surface area contributed by atoms with E-state index in [0.717, 1.165) is 21.4 Å². The molecule has 6 heteroatoms. The summed E-state index contributed by atoms with van der Waals surface area (Å²) in [5, 5.41) is 4.92. The van der Waals surface area contributed by atoms with Gasteiger partial charge in [-0.25, -0.2) is 19.9 Å². The highest BCUT2D eigenvalue weighted by Gasteiger charge is 2.15. The molecule has 0 spiro atoms. The van der Waals surface area contributed by atoms with Crippen molar-refractivity contribution in [2.45, 2.75) is 29.8 Å². The van der Waals surface area contributed by atoms with Gasteiger partial charge in [0.15, 0.2) is 0 Å². The molecule has 2 aromatic heterocycles. The third kappa shape index (κ3) is 2.76. The van der Waals surface area contributed by atoms with Gasteiger partial charge in [-0.05, 0) is 23.7 Å². The van der Waals surface area contributed by atoms with Crippen LogP contribution in [-0.4, -0.2) is 27.0 Å². The third-order valence-corrected chi connectivity index (χ3v) is 3.39. The minimum absolute atomic E-state index is 0.345. The number of rotatable bonds is 4. The quantitative estimate of drug-likeness (QED) is 0.853. The van der Waals surface area contributed by atoms with Crippen molar-refractivity contribution < 1.29 is 0 Å². The van der Waals surface area contributed by atoms with Crippen LogP contribution < -0.4 is 5.32 Å². The molecule has 1 N–H and O–H groups in total. The summed E-state index contributed by atoms with van der Waals surface area (Å²) in [6.07, 6.45) is 4.84. The topological polar surface area (TPSA) is 63.6 Å². The number of aromatic nitrogens is 4. The van der Waals surface area contributed by atoms with E-state index >= 15 is 0 Å². The van der Waals surface area contributed by atoms with Gasteiger partial charge in [-0.1, -0.05) is 13.8 Å². The van der Waals surface area contributed by atoms with Gasteiger partial charge >= 0.3 is 0 Å². The lowest BCUT2D eigenvalue weighted by Gasteiger charge is -2.14. The van der Waals surface area contributed by atoms with E-state index < -0.39 is 0 Å². The Morgan fingerprint density at radius 2 is 2.00 bits per heavy atom. The third-order valence-electron chi connectivity index (χ3n) is 2.42.